The molecule has 1 aromatic heterocycles. The number of carbonyl (C=O) groups is 1. The van der Waals surface area contributed by atoms with Gasteiger partial charge in [0.15, 0.2) is 0 Å². The van der Waals surface area contributed by atoms with Crippen molar-refractivity contribution >= 4 is 5.97 Å². The van der Waals surface area contributed by atoms with Crippen LogP contribution in [-0.4, -0.2) is 40.1 Å². The van der Waals surface area contributed by atoms with Gasteiger partial charge in [-0.25, -0.2) is 4.39 Å². The molecule has 154 valence electrons. The van der Waals surface area contributed by atoms with Crippen molar-refractivity contribution in [3.63, 3.8) is 0 Å². The smallest absolute Gasteiger partial charge is 0.308 e. The second kappa shape index (κ2) is 9.85. The van der Waals surface area contributed by atoms with E-state index in [0.29, 0.717) is 12.8 Å². The molecule has 0 aliphatic rings. The van der Waals surface area contributed by atoms with E-state index in [9.17, 15) is 19.4 Å². The fourth-order valence-corrected chi connectivity index (χ4v) is 3.50. The van der Waals surface area contributed by atoms with Crippen molar-refractivity contribution in [1.29, 1.82) is 0 Å². The second-order valence-electron chi connectivity index (χ2n) is 7.48. The van der Waals surface area contributed by atoms with Crippen LogP contribution in [0.25, 0.3) is 11.1 Å². The van der Waals surface area contributed by atoms with Crippen molar-refractivity contribution in [1.82, 2.24) is 4.57 Å². The normalized spacial score (nSPS) is 13.6. The molecular weight excluding hydrogens is 361 g/mol. The molecule has 1 aromatic carbocycles. The monoisotopic (exact) mass is 391 g/mol. The standard InChI is InChI=1S/C22H30FNO4/c1-14(2)24-13-21(16-5-7-17(23)8-6-16)20(15(24)3)10-9-18(25)11-19(26)12-22(27)28-4/h5-8,13-14,18-19,25-26H,9-12H2,1-4H3. The highest BCUT2D eigenvalue weighted by atomic mass is 19.1. The van der Waals surface area contributed by atoms with Crippen molar-refractivity contribution in [3.8, 4) is 11.1 Å². The number of benzene rings is 1. The molecule has 2 atom stereocenters. The van der Waals surface area contributed by atoms with Gasteiger partial charge < -0.3 is 19.5 Å². The van der Waals surface area contributed by atoms with Gasteiger partial charge in [-0.15, -0.1) is 0 Å². The SMILES string of the molecule is COC(=O)CC(O)CC(O)CCc1c(-c2ccc(F)cc2)cn(C(C)C)c1C. The summed E-state index contributed by atoms with van der Waals surface area (Å²) in [6.07, 6.45) is 1.46. The van der Waals surface area contributed by atoms with Gasteiger partial charge in [-0.2, -0.15) is 0 Å². The summed E-state index contributed by atoms with van der Waals surface area (Å²) in [7, 11) is 1.27. The molecule has 2 unspecified atom stereocenters. The minimum absolute atomic E-state index is 0.116. The Morgan fingerprint density at radius 2 is 1.82 bits per heavy atom. The first-order valence-electron chi connectivity index (χ1n) is 9.62. The van der Waals surface area contributed by atoms with Gasteiger partial charge in [-0.05, 0) is 63.3 Å². The van der Waals surface area contributed by atoms with Crippen LogP contribution in [0.15, 0.2) is 30.5 Å². The number of ether oxygens (including phenoxy) is 1. The van der Waals surface area contributed by atoms with Crippen LogP contribution in [0.5, 0.6) is 0 Å². The van der Waals surface area contributed by atoms with Crippen LogP contribution in [0.3, 0.4) is 0 Å². The van der Waals surface area contributed by atoms with Crippen LogP contribution >= 0.6 is 0 Å². The first kappa shape index (κ1) is 22.1. The minimum atomic E-state index is -0.930. The third kappa shape index (κ3) is 5.66. The Bertz CT molecular complexity index is 783. The fraction of sp³-hybridized carbons (Fsp3) is 0.500. The minimum Gasteiger partial charge on any atom is -0.469 e. The number of esters is 1. The zero-order valence-corrected chi connectivity index (χ0v) is 17.0. The van der Waals surface area contributed by atoms with Gasteiger partial charge in [0.1, 0.15) is 5.82 Å². The lowest BCUT2D eigenvalue weighted by Crippen LogP contribution is -2.21. The topological polar surface area (TPSA) is 71.7 Å². The number of methoxy groups -OCH3 is 1. The maximum atomic E-state index is 13.3. The van der Waals surface area contributed by atoms with E-state index in [0.717, 1.165) is 22.4 Å². The zero-order chi connectivity index (χ0) is 20.8. The molecule has 0 saturated heterocycles. The zero-order valence-electron chi connectivity index (χ0n) is 17.0. The number of halogens is 1. The van der Waals surface area contributed by atoms with E-state index in [2.05, 4.69) is 29.3 Å². The largest absolute Gasteiger partial charge is 0.469 e. The number of aliphatic hydroxyl groups is 2. The number of nitrogens with zero attached hydrogens (tertiary/aromatic N) is 1. The average Bonchev–Trinajstić information content (AvgIpc) is 2.97. The Hall–Kier alpha value is -2.18. The molecule has 0 aliphatic carbocycles. The van der Waals surface area contributed by atoms with Crippen molar-refractivity contribution in [2.45, 2.75) is 64.7 Å². The first-order valence-corrected chi connectivity index (χ1v) is 9.62. The highest BCUT2D eigenvalue weighted by Crippen LogP contribution is 2.31. The van der Waals surface area contributed by atoms with E-state index in [4.69, 9.17) is 0 Å². The molecule has 0 saturated carbocycles. The van der Waals surface area contributed by atoms with E-state index >= 15 is 0 Å². The van der Waals surface area contributed by atoms with Crippen LogP contribution in [0.2, 0.25) is 0 Å². The Labute approximate surface area is 165 Å². The van der Waals surface area contributed by atoms with Crippen molar-refractivity contribution < 1.29 is 24.1 Å². The van der Waals surface area contributed by atoms with Gasteiger partial charge in [0, 0.05) is 23.5 Å². The molecule has 6 heteroatoms. The van der Waals surface area contributed by atoms with Crippen LogP contribution in [0.4, 0.5) is 4.39 Å². The van der Waals surface area contributed by atoms with Gasteiger partial charge in [0.2, 0.25) is 0 Å². The van der Waals surface area contributed by atoms with Crippen molar-refractivity contribution in [2.24, 2.45) is 0 Å². The molecule has 2 rings (SSSR count). The number of carbonyl (C=O) groups excluding carboxylic acids is 1. The third-order valence-electron chi connectivity index (χ3n) is 5.03. The lowest BCUT2D eigenvalue weighted by Gasteiger charge is -2.16. The van der Waals surface area contributed by atoms with Crippen molar-refractivity contribution in [2.75, 3.05) is 7.11 Å². The van der Waals surface area contributed by atoms with Gasteiger partial charge in [-0.3, -0.25) is 4.79 Å². The van der Waals surface area contributed by atoms with E-state index in [1.54, 1.807) is 12.1 Å². The van der Waals surface area contributed by atoms with Gasteiger partial charge in [0.05, 0.1) is 25.7 Å². The lowest BCUT2D eigenvalue weighted by atomic mass is 9.96. The van der Waals surface area contributed by atoms with Crippen LogP contribution in [0.1, 0.15) is 50.4 Å². The molecule has 0 aliphatic heterocycles. The van der Waals surface area contributed by atoms with E-state index in [-0.39, 0.29) is 24.7 Å². The first-order chi connectivity index (χ1) is 13.2. The van der Waals surface area contributed by atoms with E-state index in [1.807, 2.05) is 6.92 Å². The molecule has 5 nitrogen and oxygen atoms in total. The Morgan fingerprint density at radius 3 is 2.39 bits per heavy atom. The molecule has 1 heterocycles. The second-order valence-corrected chi connectivity index (χ2v) is 7.48. The summed E-state index contributed by atoms with van der Waals surface area (Å²) in [5.74, 6) is -0.775. The molecule has 0 bridgehead atoms. The third-order valence-corrected chi connectivity index (χ3v) is 5.03. The summed E-state index contributed by atoms with van der Waals surface area (Å²) in [6.45, 7) is 6.24. The van der Waals surface area contributed by atoms with Gasteiger partial charge in [-0.1, -0.05) is 12.1 Å². The molecule has 2 aromatic rings. The molecular formula is C22H30FNO4. The highest BCUT2D eigenvalue weighted by Gasteiger charge is 2.19. The average molecular weight is 391 g/mol. The van der Waals surface area contributed by atoms with Crippen LogP contribution in [-0.2, 0) is 16.0 Å². The summed E-state index contributed by atoms with van der Waals surface area (Å²) < 4.78 is 20.0. The summed E-state index contributed by atoms with van der Waals surface area (Å²) in [6, 6.07) is 6.68. The number of hydrogen-bond acceptors (Lipinski definition) is 4. The predicted molar refractivity (Wildman–Crippen MR) is 107 cm³/mol. The van der Waals surface area contributed by atoms with E-state index < -0.39 is 18.2 Å². The number of aliphatic hydroxyl groups excluding tert-OH is 2. The maximum absolute atomic E-state index is 13.3. The number of aromatic nitrogens is 1. The predicted octanol–water partition coefficient (Wildman–Crippen LogP) is 3.79. The highest BCUT2D eigenvalue weighted by molar-refractivity contribution is 5.69. The lowest BCUT2D eigenvalue weighted by molar-refractivity contribution is -0.143. The van der Waals surface area contributed by atoms with E-state index in [1.165, 1.54) is 19.2 Å². The van der Waals surface area contributed by atoms with Crippen LogP contribution in [0, 0.1) is 12.7 Å². The summed E-state index contributed by atoms with van der Waals surface area (Å²) >= 11 is 0. The molecule has 0 spiro atoms. The maximum Gasteiger partial charge on any atom is 0.308 e. The molecule has 0 amide bonds. The van der Waals surface area contributed by atoms with Crippen molar-refractivity contribution in [3.05, 3.63) is 47.5 Å². The summed E-state index contributed by atoms with van der Waals surface area (Å²) in [4.78, 5) is 11.2. The van der Waals surface area contributed by atoms with Gasteiger partial charge >= 0.3 is 5.97 Å². The molecule has 28 heavy (non-hydrogen) atoms. The molecule has 0 fully saturated rings. The molecule has 0 radical (unpaired) electrons. The number of hydrogen-bond donors (Lipinski definition) is 2. The Morgan fingerprint density at radius 1 is 1.18 bits per heavy atom. The Balaban J connectivity index is 2.15. The summed E-state index contributed by atoms with van der Waals surface area (Å²) in [5.41, 5.74) is 4.16. The van der Waals surface area contributed by atoms with Gasteiger partial charge in [0.25, 0.3) is 0 Å². The fourth-order valence-electron chi connectivity index (χ4n) is 3.50. The summed E-state index contributed by atoms with van der Waals surface area (Å²) in [5, 5.41) is 20.2. The van der Waals surface area contributed by atoms with Crippen LogP contribution < -0.4 is 0 Å². The quantitative estimate of drug-likeness (QED) is 0.638. The molecule has 2 N–H and O–H groups in total. The number of rotatable bonds is 9. The Kier molecular flexibility index (Phi) is 7.78.